The van der Waals surface area contributed by atoms with E-state index in [9.17, 15) is 18.0 Å². The molecule has 1 aliphatic carbocycles. The lowest BCUT2D eigenvalue weighted by molar-refractivity contribution is -0.124. The largest absolute Gasteiger partial charge is 0.379 e. The molecule has 2 fully saturated rings. The van der Waals surface area contributed by atoms with Gasteiger partial charge in [0.1, 0.15) is 17.5 Å². The van der Waals surface area contributed by atoms with E-state index in [0.29, 0.717) is 49.2 Å². The van der Waals surface area contributed by atoms with Crippen LogP contribution in [0, 0.1) is 17.5 Å². The van der Waals surface area contributed by atoms with Gasteiger partial charge >= 0.3 is 0 Å². The fourth-order valence-electron chi connectivity index (χ4n) is 4.72. The molecule has 1 saturated heterocycles. The van der Waals surface area contributed by atoms with Gasteiger partial charge in [-0.3, -0.25) is 9.69 Å². The number of amides is 1. The van der Waals surface area contributed by atoms with E-state index in [-0.39, 0.29) is 29.2 Å². The van der Waals surface area contributed by atoms with Crippen molar-refractivity contribution in [1.82, 2.24) is 15.2 Å². The predicted octanol–water partition coefficient (Wildman–Crippen LogP) is 4.97. The Bertz CT molecular complexity index is 1130. The third-order valence-corrected chi connectivity index (χ3v) is 6.38. The third kappa shape index (κ3) is 5.13. The summed E-state index contributed by atoms with van der Waals surface area (Å²) in [5, 5.41) is 3.55. The van der Waals surface area contributed by atoms with Crippen LogP contribution in [-0.4, -0.2) is 54.7 Å². The molecule has 2 heterocycles. The van der Waals surface area contributed by atoms with Gasteiger partial charge in [-0.25, -0.2) is 13.2 Å². The Morgan fingerprint density at radius 3 is 2.41 bits per heavy atom. The van der Waals surface area contributed by atoms with Crippen molar-refractivity contribution >= 4 is 16.8 Å². The molecule has 3 aromatic rings. The number of rotatable bonds is 5. The van der Waals surface area contributed by atoms with Gasteiger partial charge in [-0.15, -0.1) is 0 Å². The summed E-state index contributed by atoms with van der Waals surface area (Å²) in [6.45, 7) is 7.11. The van der Waals surface area contributed by atoms with E-state index in [1.165, 1.54) is 18.2 Å². The predicted molar refractivity (Wildman–Crippen MR) is 126 cm³/mol. The average Bonchev–Trinajstić information content (AvgIpc) is 3.17. The van der Waals surface area contributed by atoms with Crippen molar-refractivity contribution in [1.29, 1.82) is 0 Å². The Hall–Kier alpha value is -2.84. The highest BCUT2D eigenvalue weighted by molar-refractivity contribution is 5.92. The fraction of sp³-hybridized carbons (Fsp3) is 0.423. The summed E-state index contributed by atoms with van der Waals surface area (Å²) >= 11 is 0. The van der Waals surface area contributed by atoms with E-state index in [1.54, 1.807) is 12.1 Å². The van der Waals surface area contributed by atoms with Crippen LogP contribution in [-0.2, 0) is 9.53 Å². The van der Waals surface area contributed by atoms with Crippen LogP contribution < -0.4 is 5.32 Å². The molecule has 0 unspecified atom stereocenters. The van der Waals surface area contributed by atoms with Crippen LogP contribution in [0.1, 0.15) is 38.2 Å². The van der Waals surface area contributed by atoms with Gasteiger partial charge in [-0.2, -0.15) is 0 Å². The minimum absolute atomic E-state index is 0.0120. The highest BCUT2D eigenvalue weighted by Gasteiger charge is 2.35. The number of fused-ring (bicyclic) bond motifs is 1. The number of ether oxygens (including phenoxy) is 1. The van der Waals surface area contributed by atoms with Crippen LogP contribution in [0.3, 0.4) is 0 Å². The van der Waals surface area contributed by atoms with Crippen molar-refractivity contribution in [3.63, 3.8) is 0 Å². The van der Waals surface area contributed by atoms with E-state index >= 15 is 0 Å². The molecule has 1 aromatic heterocycles. The molecule has 0 radical (unpaired) electrons. The summed E-state index contributed by atoms with van der Waals surface area (Å²) in [5.41, 5.74) is 2.41. The topological polar surface area (TPSA) is 57.4 Å². The number of hydrogen-bond donors (Lipinski definition) is 2. The maximum absolute atomic E-state index is 14.5. The molecule has 1 aliphatic heterocycles. The molecular weight excluding hydrogens is 443 g/mol. The number of carbonyl (C=O) groups is 1. The van der Waals surface area contributed by atoms with E-state index in [4.69, 9.17) is 4.74 Å². The van der Waals surface area contributed by atoms with Crippen LogP contribution in [0.2, 0.25) is 0 Å². The van der Waals surface area contributed by atoms with Crippen molar-refractivity contribution in [2.75, 3.05) is 32.8 Å². The highest BCUT2D eigenvalue weighted by atomic mass is 19.1. The molecule has 8 heteroatoms. The number of aromatic nitrogens is 1. The molecular formula is C26H30F3N3O2. The average molecular weight is 474 g/mol. The van der Waals surface area contributed by atoms with Gasteiger partial charge < -0.3 is 15.0 Å². The summed E-state index contributed by atoms with van der Waals surface area (Å²) in [6, 6.07) is 8.14. The van der Waals surface area contributed by atoms with E-state index in [2.05, 4.69) is 15.2 Å². The van der Waals surface area contributed by atoms with Crippen molar-refractivity contribution in [2.24, 2.45) is 0 Å². The Balaban J connectivity index is 0.00000133. The Labute approximate surface area is 197 Å². The minimum Gasteiger partial charge on any atom is -0.379 e. The van der Waals surface area contributed by atoms with Crippen molar-refractivity contribution < 1.29 is 22.7 Å². The first-order valence-corrected chi connectivity index (χ1v) is 11.8. The number of halogens is 3. The number of benzene rings is 2. The van der Waals surface area contributed by atoms with Gasteiger partial charge in [0, 0.05) is 30.6 Å². The van der Waals surface area contributed by atoms with Crippen LogP contribution in [0.15, 0.2) is 36.4 Å². The summed E-state index contributed by atoms with van der Waals surface area (Å²) in [5.74, 6) is -1.67. The van der Waals surface area contributed by atoms with Gasteiger partial charge in [0.15, 0.2) is 0 Å². The van der Waals surface area contributed by atoms with Gasteiger partial charge in [0.2, 0.25) is 5.91 Å². The third-order valence-electron chi connectivity index (χ3n) is 6.38. The maximum Gasteiger partial charge on any atom is 0.234 e. The van der Waals surface area contributed by atoms with Crippen LogP contribution in [0.25, 0.3) is 22.2 Å². The zero-order chi connectivity index (χ0) is 24.2. The summed E-state index contributed by atoms with van der Waals surface area (Å²) < 4.78 is 47.2. The van der Waals surface area contributed by atoms with Crippen LogP contribution >= 0.6 is 0 Å². The number of aromatic amines is 1. The first-order chi connectivity index (χ1) is 16.5. The van der Waals surface area contributed by atoms with E-state index < -0.39 is 11.6 Å². The molecule has 0 bridgehead atoms. The smallest absolute Gasteiger partial charge is 0.234 e. The van der Waals surface area contributed by atoms with Gasteiger partial charge in [0.05, 0.1) is 31.0 Å². The van der Waals surface area contributed by atoms with Crippen molar-refractivity contribution in [3.8, 4) is 11.3 Å². The summed E-state index contributed by atoms with van der Waals surface area (Å²) in [6.07, 6.45) is 1.35. The second kappa shape index (κ2) is 10.6. The monoisotopic (exact) mass is 473 g/mol. The normalized spacial score (nSPS) is 20.4. The first-order valence-electron chi connectivity index (χ1n) is 11.8. The SMILES string of the molecule is CC.O=C(CN1CCOCC1)NC1CC(c2c(-c3ccc(F)cc3)[nH]c3c(F)cc(F)cc23)C1. The first kappa shape index (κ1) is 24.3. The number of nitrogens with one attached hydrogen (secondary N) is 2. The van der Waals surface area contributed by atoms with Crippen molar-refractivity contribution in [3.05, 3.63) is 59.4 Å². The Morgan fingerprint density at radius 2 is 1.74 bits per heavy atom. The number of nitrogens with zero attached hydrogens (tertiary/aromatic N) is 1. The van der Waals surface area contributed by atoms with Gasteiger partial charge in [0.25, 0.3) is 0 Å². The second-order valence-electron chi connectivity index (χ2n) is 8.55. The van der Waals surface area contributed by atoms with Gasteiger partial charge in [-0.1, -0.05) is 13.8 Å². The molecule has 1 saturated carbocycles. The number of carbonyl (C=O) groups excluding carboxylic acids is 1. The molecule has 0 atom stereocenters. The van der Waals surface area contributed by atoms with Crippen molar-refractivity contribution in [2.45, 2.75) is 38.6 Å². The Kier molecular flexibility index (Phi) is 7.58. The molecule has 34 heavy (non-hydrogen) atoms. The molecule has 1 amide bonds. The standard InChI is InChI=1S/C24H24F3N3O2.C2H6/c25-16-3-1-14(2-4-16)23-22(19-11-17(26)12-20(27)24(19)29-23)15-9-18(10-15)28-21(31)13-30-5-7-32-8-6-30;1-2/h1-4,11-12,15,18,29H,5-10,13H2,(H,28,31);1-2H3. The molecule has 5 nitrogen and oxygen atoms in total. The summed E-state index contributed by atoms with van der Waals surface area (Å²) in [4.78, 5) is 17.5. The number of hydrogen-bond acceptors (Lipinski definition) is 3. The molecule has 182 valence electrons. The highest BCUT2D eigenvalue weighted by Crippen LogP contribution is 2.45. The van der Waals surface area contributed by atoms with E-state index in [0.717, 1.165) is 24.7 Å². The Morgan fingerprint density at radius 1 is 1.06 bits per heavy atom. The molecule has 0 spiro atoms. The molecule has 2 aromatic carbocycles. The molecule has 2 aliphatic rings. The van der Waals surface area contributed by atoms with E-state index in [1.807, 2.05) is 13.8 Å². The fourth-order valence-corrected chi connectivity index (χ4v) is 4.72. The van der Waals surface area contributed by atoms with Gasteiger partial charge in [-0.05, 0) is 60.2 Å². The molecule has 2 N–H and O–H groups in total. The summed E-state index contributed by atoms with van der Waals surface area (Å²) in [7, 11) is 0. The molecule has 5 rings (SSSR count). The lowest BCUT2D eigenvalue weighted by Gasteiger charge is -2.37. The lowest BCUT2D eigenvalue weighted by Crippen LogP contribution is -2.49. The number of morpholine rings is 1. The zero-order valence-electron chi connectivity index (χ0n) is 19.5. The number of H-pyrrole nitrogens is 1. The van der Waals surface area contributed by atoms with Crippen LogP contribution in [0.5, 0.6) is 0 Å². The van der Waals surface area contributed by atoms with Crippen LogP contribution in [0.4, 0.5) is 13.2 Å². The quantitative estimate of drug-likeness (QED) is 0.550. The lowest BCUT2D eigenvalue weighted by atomic mass is 9.74. The zero-order valence-corrected chi connectivity index (χ0v) is 19.5. The second-order valence-corrected chi connectivity index (χ2v) is 8.55. The maximum atomic E-state index is 14.5. The minimum atomic E-state index is -0.663.